The van der Waals surface area contributed by atoms with Crippen LogP contribution in [0.2, 0.25) is 0 Å². The lowest BCUT2D eigenvalue weighted by Crippen LogP contribution is -3.00. The van der Waals surface area contributed by atoms with Crippen molar-refractivity contribution in [3.8, 4) is 0 Å². The largest absolute Gasteiger partial charge is 1.00 e. The van der Waals surface area contributed by atoms with Gasteiger partial charge < -0.3 is 26.2 Å². The summed E-state index contributed by atoms with van der Waals surface area (Å²) in [4.78, 5) is 16.3. The number of hydrogen-bond acceptors (Lipinski definition) is 3. The molecule has 35 heavy (non-hydrogen) atoms. The van der Waals surface area contributed by atoms with Gasteiger partial charge in [0, 0.05) is 25.2 Å². The van der Waals surface area contributed by atoms with Gasteiger partial charge in [0.1, 0.15) is 17.9 Å². The summed E-state index contributed by atoms with van der Waals surface area (Å²) in [5.41, 5.74) is 1.47. The van der Waals surface area contributed by atoms with Gasteiger partial charge in [0.2, 0.25) is 0 Å². The Morgan fingerprint density at radius 1 is 1.03 bits per heavy atom. The third-order valence-corrected chi connectivity index (χ3v) is 8.81. The number of ether oxygens (including phenoxy) is 1. The Balaban J connectivity index is 0.00000289. The number of halogens is 2. The molecule has 0 spiro atoms. The van der Waals surface area contributed by atoms with Gasteiger partial charge in [-0.3, -0.25) is 4.90 Å². The number of carbonyl (C=O) groups is 1. The molecule has 0 aliphatic carbocycles. The van der Waals surface area contributed by atoms with E-state index in [1.807, 2.05) is 30.3 Å². The molecule has 2 aromatic carbocycles. The van der Waals surface area contributed by atoms with Crippen molar-refractivity contribution in [2.24, 2.45) is 5.92 Å². The van der Waals surface area contributed by atoms with Gasteiger partial charge in [0.25, 0.3) is 0 Å². The number of carbonyl (C=O) groups excluding carboxylic acids is 1. The maximum absolute atomic E-state index is 13.9. The smallest absolute Gasteiger partial charge is 0.331 e. The summed E-state index contributed by atoms with van der Waals surface area (Å²) in [6.45, 7) is 8.18. The summed E-state index contributed by atoms with van der Waals surface area (Å²) in [6.07, 6.45) is 6.64. The Labute approximate surface area is 219 Å². The molecule has 190 valence electrons. The highest BCUT2D eigenvalue weighted by Crippen LogP contribution is 2.39. The van der Waals surface area contributed by atoms with Gasteiger partial charge in [-0.25, -0.2) is 9.18 Å². The van der Waals surface area contributed by atoms with Crippen molar-refractivity contribution < 1.29 is 35.4 Å². The lowest BCUT2D eigenvalue weighted by Gasteiger charge is -2.53. The van der Waals surface area contributed by atoms with Crippen molar-refractivity contribution >= 4 is 5.97 Å². The van der Waals surface area contributed by atoms with E-state index in [0.717, 1.165) is 81.4 Å². The number of esters is 1. The first-order valence-corrected chi connectivity index (χ1v) is 13.1. The standard InChI is InChI=1S/C29H38FN2O2.BrH/c1-29(25-8-4-2-5-9-25,31-17-6-3-7-18-31)28(33)34-27-22-32(20-15-24(27)16-21-32)19-14-23-10-12-26(30)13-11-23;/h2,4-5,8-13,24,27H,3,6-7,14-22H2,1H3;1H/q+1;/p-1/t24?,27?,29-,32?;/m0./s1. The van der Waals surface area contributed by atoms with Crippen LogP contribution in [-0.2, 0) is 21.5 Å². The lowest BCUT2D eigenvalue weighted by molar-refractivity contribution is -0.946. The second-order valence-corrected chi connectivity index (χ2v) is 10.8. The van der Waals surface area contributed by atoms with Gasteiger partial charge >= 0.3 is 5.97 Å². The number of nitrogens with zero attached hydrogens (tertiary/aromatic N) is 2. The van der Waals surface area contributed by atoms with Crippen LogP contribution in [0.15, 0.2) is 54.6 Å². The van der Waals surface area contributed by atoms with Gasteiger partial charge in [-0.2, -0.15) is 0 Å². The van der Waals surface area contributed by atoms with E-state index in [2.05, 4.69) is 24.0 Å². The molecular weight excluding hydrogens is 507 g/mol. The minimum absolute atomic E-state index is 0. The zero-order valence-electron chi connectivity index (χ0n) is 20.8. The number of likely N-dealkylation sites (tertiary alicyclic amines) is 1. The Hall–Kier alpha value is -1.76. The van der Waals surface area contributed by atoms with E-state index in [0.29, 0.717) is 5.92 Å². The highest BCUT2D eigenvalue weighted by Gasteiger charge is 2.50. The summed E-state index contributed by atoms with van der Waals surface area (Å²) in [5.74, 6) is 0.198. The molecule has 4 heterocycles. The predicted octanol–water partition coefficient (Wildman–Crippen LogP) is 1.93. The molecule has 4 aliphatic heterocycles. The number of fused-ring (bicyclic) bond motifs is 3. The Bertz CT molecular complexity index is 972. The van der Waals surface area contributed by atoms with Crippen LogP contribution in [0.4, 0.5) is 4.39 Å². The molecule has 4 saturated heterocycles. The number of rotatable bonds is 7. The zero-order chi connectivity index (χ0) is 23.6. The summed E-state index contributed by atoms with van der Waals surface area (Å²) in [6, 6.07) is 17.1. The average molecular weight is 546 g/mol. The van der Waals surface area contributed by atoms with Gasteiger partial charge in [-0.1, -0.05) is 48.9 Å². The molecule has 2 atom stereocenters. The van der Waals surface area contributed by atoms with Crippen molar-refractivity contribution in [2.75, 3.05) is 39.3 Å². The van der Waals surface area contributed by atoms with Crippen LogP contribution in [0, 0.1) is 11.7 Å². The number of piperidine rings is 4. The first-order chi connectivity index (χ1) is 16.5. The molecule has 0 amide bonds. The maximum atomic E-state index is 13.9. The van der Waals surface area contributed by atoms with Crippen molar-refractivity contribution in [1.29, 1.82) is 0 Å². The molecule has 2 aromatic rings. The van der Waals surface area contributed by atoms with Crippen LogP contribution >= 0.6 is 0 Å². The molecular formula is C29H38BrFN2O2. The monoisotopic (exact) mass is 544 g/mol. The summed E-state index contributed by atoms with van der Waals surface area (Å²) in [5, 5.41) is 0. The molecule has 4 nitrogen and oxygen atoms in total. The first kappa shape index (κ1) is 26.3. The third kappa shape index (κ3) is 5.50. The Kier molecular flexibility index (Phi) is 8.34. The van der Waals surface area contributed by atoms with E-state index in [4.69, 9.17) is 4.74 Å². The quantitative estimate of drug-likeness (QED) is 0.394. The molecule has 6 heteroatoms. The van der Waals surface area contributed by atoms with E-state index < -0.39 is 5.54 Å². The van der Waals surface area contributed by atoms with Crippen LogP contribution in [0.1, 0.15) is 50.2 Å². The molecule has 0 saturated carbocycles. The molecule has 0 N–H and O–H groups in total. The first-order valence-electron chi connectivity index (χ1n) is 13.1. The highest BCUT2D eigenvalue weighted by molar-refractivity contribution is 5.82. The van der Waals surface area contributed by atoms with Crippen LogP contribution in [0.25, 0.3) is 0 Å². The van der Waals surface area contributed by atoms with E-state index in [9.17, 15) is 9.18 Å². The van der Waals surface area contributed by atoms with E-state index in [1.165, 1.54) is 12.0 Å². The van der Waals surface area contributed by atoms with Crippen LogP contribution < -0.4 is 17.0 Å². The lowest BCUT2D eigenvalue weighted by atomic mass is 9.82. The SMILES string of the molecule is C[C@@](C(=O)OC1C[N+]2(CCc3ccc(F)cc3)CCC1CC2)(c1ccccc1)N1CCCCC1.[Br-]. The molecule has 0 aromatic heterocycles. The summed E-state index contributed by atoms with van der Waals surface area (Å²) in [7, 11) is 0. The average Bonchev–Trinajstić information content (AvgIpc) is 2.89. The third-order valence-electron chi connectivity index (χ3n) is 8.81. The van der Waals surface area contributed by atoms with E-state index in [-0.39, 0.29) is 34.9 Å². The fourth-order valence-corrected chi connectivity index (χ4v) is 6.47. The Morgan fingerprint density at radius 2 is 1.69 bits per heavy atom. The van der Waals surface area contributed by atoms with E-state index >= 15 is 0 Å². The van der Waals surface area contributed by atoms with Crippen molar-refractivity contribution in [3.63, 3.8) is 0 Å². The number of quaternary nitrogens is 1. The van der Waals surface area contributed by atoms with Crippen molar-refractivity contribution in [2.45, 2.75) is 57.1 Å². The highest BCUT2D eigenvalue weighted by atomic mass is 79.9. The zero-order valence-corrected chi connectivity index (χ0v) is 22.4. The van der Waals surface area contributed by atoms with Crippen LogP contribution in [0.3, 0.4) is 0 Å². The predicted molar refractivity (Wildman–Crippen MR) is 132 cm³/mol. The number of benzene rings is 2. The van der Waals surface area contributed by atoms with Crippen molar-refractivity contribution in [1.82, 2.24) is 4.90 Å². The molecule has 1 unspecified atom stereocenters. The second kappa shape index (κ2) is 11.1. The Morgan fingerprint density at radius 3 is 2.34 bits per heavy atom. The number of hydrogen-bond donors (Lipinski definition) is 0. The van der Waals surface area contributed by atoms with Crippen LogP contribution in [0.5, 0.6) is 0 Å². The minimum atomic E-state index is -0.743. The maximum Gasteiger partial charge on any atom is 0.331 e. The topological polar surface area (TPSA) is 29.5 Å². The fourth-order valence-electron chi connectivity index (χ4n) is 6.47. The van der Waals surface area contributed by atoms with Gasteiger partial charge in [-0.05, 0) is 56.1 Å². The molecule has 0 radical (unpaired) electrons. The second-order valence-electron chi connectivity index (χ2n) is 10.8. The van der Waals surface area contributed by atoms with Gasteiger partial charge in [-0.15, -0.1) is 0 Å². The normalized spacial score (nSPS) is 28.1. The fraction of sp³-hybridized carbons (Fsp3) is 0.552. The molecule has 6 rings (SSSR count). The van der Waals surface area contributed by atoms with Crippen molar-refractivity contribution in [3.05, 3.63) is 71.5 Å². The molecule has 2 bridgehead atoms. The molecule has 4 aliphatic rings. The van der Waals surface area contributed by atoms with Gasteiger partial charge in [0.15, 0.2) is 6.10 Å². The van der Waals surface area contributed by atoms with Crippen LogP contribution in [-0.4, -0.2) is 60.7 Å². The summed E-state index contributed by atoms with van der Waals surface area (Å²) >= 11 is 0. The summed E-state index contributed by atoms with van der Waals surface area (Å²) < 4.78 is 20.8. The van der Waals surface area contributed by atoms with E-state index in [1.54, 1.807) is 12.1 Å². The minimum Gasteiger partial charge on any atom is -1.00 e. The molecule has 4 fully saturated rings. The van der Waals surface area contributed by atoms with Gasteiger partial charge in [0.05, 0.1) is 19.6 Å².